The average Bonchev–Trinajstić information content (AvgIpc) is 2.53. The summed E-state index contributed by atoms with van der Waals surface area (Å²) >= 11 is 0. The molecule has 0 saturated heterocycles. The van der Waals surface area contributed by atoms with Gasteiger partial charge in [0.15, 0.2) is 11.6 Å². The lowest BCUT2D eigenvalue weighted by atomic mass is 9.71. The van der Waals surface area contributed by atoms with Crippen LogP contribution in [0.2, 0.25) is 0 Å². The molecule has 23 heavy (non-hydrogen) atoms. The van der Waals surface area contributed by atoms with Crippen molar-refractivity contribution in [2.45, 2.75) is 51.4 Å². The molecule has 1 aliphatic heterocycles. The lowest BCUT2D eigenvalue weighted by molar-refractivity contribution is -0.116. The van der Waals surface area contributed by atoms with Crippen LogP contribution in [-0.2, 0) is 9.59 Å². The Morgan fingerprint density at radius 2 is 1.52 bits per heavy atom. The van der Waals surface area contributed by atoms with Crippen LogP contribution in [0.25, 0.3) is 0 Å². The zero-order valence-electron chi connectivity index (χ0n) is 13.4. The fraction of sp³-hybridized carbons (Fsp3) is 0.400. The average molecular weight is 307 g/mol. The Bertz CT molecular complexity index is 728. The van der Waals surface area contributed by atoms with Crippen molar-refractivity contribution in [3.05, 3.63) is 57.9 Å². The molecule has 3 nitrogen and oxygen atoms in total. The van der Waals surface area contributed by atoms with E-state index in [9.17, 15) is 9.59 Å². The molecule has 0 atom stereocenters. The van der Waals surface area contributed by atoms with Crippen molar-refractivity contribution in [3.63, 3.8) is 0 Å². The first-order valence-electron chi connectivity index (χ1n) is 8.51. The van der Waals surface area contributed by atoms with E-state index in [0.29, 0.717) is 12.8 Å². The number of benzene rings is 1. The van der Waals surface area contributed by atoms with Gasteiger partial charge in [0.05, 0.1) is 0 Å². The van der Waals surface area contributed by atoms with E-state index in [1.54, 1.807) is 0 Å². The van der Waals surface area contributed by atoms with Gasteiger partial charge in [0.25, 0.3) is 0 Å². The zero-order chi connectivity index (χ0) is 16.0. The SMILES string of the molecule is Cc1cccc(C2C3=C(CCCC3=O)NC3=C2C(=O)CCC3)c1. The highest BCUT2D eigenvalue weighted by Crippen LogP contribution is 2.45. The Labute approximate surface area is 136 Å². The highest BCUT2D eigenvalue weighted by atomic mass is 16.1. The van der Waals surface area contributed by atoms with Gasteiger partial charge >= 0.3 is 0 Å². The van der Waals surface area contributed by atoms with E-state index in [1.807, 2.05) is 6.07 Å². The smallest absolute Gasteiger partial charge is 0.161 e. The number of hydrogen-bond acceptors (Lipinski definition) is 3. The molecule has 1 N–H and O–H groups in total. The molecule has 0 unspecified atom stereocenters. The Kier molecular flexibility index (Phi) is 3.44. The number of ketones is 2. The van der Waals surface area contributed by atoms with Crippen LogP contribution < -0.4 is 5.32 Å². The molecule has 3 aliphatic rings. The molecule has 0 spiro atoms. The number of aryl methyl sites for hydroxylation is 1. The van der Waals surface area contributed by atoms with Gasteiger partial charge in [0, 0.05) is 41.3 Å². The van der Waals surface area contributed by atoms with E-state index < -0.39 is 0 Å². The molecule has 4 rings (SSSR count). The van der Waals surface area contributed by atoms with Crippen molar-refractivity contribution in [2.24, 2.45) is 0 Å². The number of carbonyl (C=O) groups is 2. The van der Waals surface area contributed by atoms with E-state index in [2.05, 4.69) is 30.4 Å². The molecule has 1 heterocycles. The van der Waals surface area contributed by atoms with Crippen LogP contribution >= 0.6 is 0 Å². The maximum atomic E-state index is 12.6. The third-order valence-electron chi connectivity index (χ3n) is 5.17. The lowest BCUT2D eigenvalue weighted by Crippen LogP contribution is -2.36. The number of dihydropyridines is 1. The minimum Gasteiger partial charge on any atom is -0.362 e. The van der Waals surface area contributed by atoms with Crippen LogP contribution in [0.5, 0.6) is 0 Å². The summed E-state index contributed by atoms with van der Waals surface area (Å²) in [6.07, 6.45) is 4.82. The Balaban J connectivity index is 1.92. The summed E-state index contributed by atoms with van der Waals surface area (Å²) < 4.78 is 0. The fourth-order valence-electron chi connectivity index (χ4n) is 4.17. The van der Waals surface area contributed by atoms with Gasteiger partial charge in [0.1, 0.15) is 0 Å². The van der Waals surface area contributed by atoms with Crippen LogP contribution in [0.15, 0.2) is 46.8 Å². The van der Waals surface area contributed by atoms with Crippen LogP contribution in [-0.4, -0.2) is 11.6 Å². The highest BCUT2D eigenvalue weighted by Gasteiger charge is 2.39. The van der Waals surface area contributed by atoms with Crippen molar-refractivity contribution in [2.75, 3.05) is 0 Å². The maximum absolute atomic E-state index is 12.6. The summed E-state index contributed by atoms with van der Waals surface area (Å²) in [6, 6.07) is 8.26. The van der Waals surface area contributed by atoms with E-state index in [-0.39, 0.29) is 17.5 Å². The second kappa shape index (κ2) is 5.48. The summed E-state index contributed by atoms with van der Waals surface area (Å²) in [4.78, 5) is 25.3. The van der Waals surface area contributed by atoms with Gasteiger partial charge in [-0.3, -0.25) is 9.59 Å². The van der Waals surface area contributed by atoms with Crippen molar-refractivity contribution in [3.8, 4) is 0 Å². The minimum absolute atomic E-state index is 0.165. The zero-order valence-corrected chi connectivity index (χ0v) is 13.4. The molecule has 0 bridgehead atoms. The standard InChI is InChI=1S/C20H21NO2/c1-12-5-2-6-13(11-12)18-19-14(7-3-9-16(19)22)21-15-8-4-10-17(23)20(15)18/h2,5-6,11,18,21H,3-4,7-10H2,1H3. The molecule has 0 radical (unpaired) electrons. The minimum atomic E-state index is -0.165. The fourth-order valence-corrected chi connectivity index (χ4v) is 4.17. The summed E-state index contributed by atoms with van der Waals surface area (Å²) in [5.41, 5.74) is 6.04. The summed E-state index contributed by atoms with van der Waals surface area (Å²) in [6.45, 7) is 2.06. The topological polar surface area (TPSA) is 46.2 Å². The predicted octanol–water partition coefficient (Wildman–Crippen LogP) is 3.70. The number of rotatable bonds is 1. The van der Waals surface area contributed by atoms with Gasteiger partial charge in [-0.05, 0) is 38.2 Å². The summed E-state index contributed by atoms with van der Waals surface area (Å²) in [5.74, 6) is 0.243. The van der Waals surface area contributed by atoms with Gasteiger partial charge in [-0.25, -0.2) is 0 Å². The Morgan fingerprint density at radius 3 is 2.09 bits per heavy atom. The second-order valence-electron chi connectivity index (χ2n) is 6.81. The third kappa shape index (κ3) is 2.35. The first-order chi connectivity index (χ1) is 11.1. The maximum Gasteiger partial charge on any atom is 0.161 e. The molecule has 1 aromatic rings. The van der Waals surface area contributed by atoms with Crippen LogP contribution in [0.1, 0.15) is 55.6 Å². The number of hydrogen-bond donors (Lipinski definition) is 1. The Morgan fingerprint density at radius 1 is 0.913 bits per heavy atom. The number of nitrogens with one attached hydrogen (secondary N) is 1. The van der Waals surface area contributed by atoms with E-state index in [4.69, 9.17) is 0 Å². The number of allylic oxidation sites excluding steroid dienone is 4. The molecule has 0 fully saturated rings. The van der Waals surface area contributed by atoms with Crippen molar-refractivity contribution >= 4 is 11.6 Å². The molecule has 3 heteroatoms. The van der Waals surface area contributed by atoms with Gasteiger partial charge in [0.2, 0.25) is 0 Å². The molecule has 2 aliphatic carbocycles. The van der Waals surface area contributed by atoms with Crippen molar-refractivity contribution in [1.82, 2.24) is 5.32 Å². The molecule has 0 amide bonds. The van der Waals surface area contributed by atoms with Crippen molar-refractivity contribution < 1.29 is 9.59 Å². The van der Waals surface area contributed by atoms with Gasteiger partial charge in [-0.2, -0.15) is 0 Å². The molecule has 0 aromatic heterocycles. The predicted molar refractivity (Wildman–Crippen MR) is 88.8 cm³/mol. The van der Waals surface area contributed by atoms with E-state index in [1.165, 1.54) is 0 Å². The number of Topliss-reactive ketones (excluding diaryl/α,β-unsaturated/α-hetero) is 2. The highest BCUT2D eigenvalue weighted by molar-refractivity contribution is 6.06. The molecule has 0 saturated carbocycles. The van der Waals surface area contributed by atoms with Crippen LogP contribution in [0, 0.1) is 6.92 Å². The monoisotopic (exact) mass is 307 g/mol. The first-order valence-corrected chi connectivity index (χ1v) is 8.51. The molecular weight excluding hydrogens is 286 g/mol. The quantitative estimate of drug-likeness (QED) is 0.860. The van der Waals surface area contributed by atoms with Gasteiger partial charge < -0.3 is 5.32 Å². The molecular formula is C20H21NO2. The normalized spacial score (nSPS) is 22.0. The van der Waals surface area contributed by atoms with Gasteiger partial charge in [-0.1, -0.05) is 29.8 Å². The van der Waals surface area contributed by atoms with E-state index in [0.717, 1.165) is 59.4 Å². The molecule has 118 valence electrons. The lowest BCUT2D eigenvalue weighted by Gasteiger charge is -2.37. The molecule has 1 aromatic carbocycles. The summed E-state index contributed by atoms with van der Waals surface area (Å²) in [7, 11) is 0. The van der Waals surface area contributed by atoms with Crippen molar-refractivity contribution in [1.29, 1.82) is 0 Å². The first kappa shape index (κ1) is 14.4. The number of carbonyl (C=O) groups excluding carboxylic acids is 2. The largest absolute Gasteiger partial charge is 0.362 e. The summed E-state index contributed by atoms with van der Waals surface area (Å²) in [5, 5.41) is 3.45. The second-order valence-corrected chi connectivity index (χ2v) is 6.81. The van der Waals surface area contributed by atoms with E-state index >= 15 is 0 Å². The van der Waals surface area contributed by atoms with Crippen LogP contribution in [0.4, 0.5) is 0 Å². The third-order valence-corrected chi connectivity index (χ3v) is 5.17. The Hall–Kier alpha value is -2.16. The van der Waals surface area contributed by atoms with Gasteiger partial charge in [-0.15, -0.1) is 0 Å². The van der Waals surface area contributed by atoms with Crippen LogP contribution in [0.3, 0.4) is 0 Å².